The molecule has 0 aliphatic carbocycles. The molecule has 0 bridgehead atoms. The van der Waals surface area contributed by atoms with E-state index in [-0.39, 0.29) is 17.5 Å². The summed E-state index contributed by atoms with van der Waals surface area (Å²) in [7, 11) is 0. The third-order valence-corrected chi connectivity index (χ3v) is 8.45. The first-order chi connectivity index (χ1) is 17.4. The third kappa shape index (κ3) is 3.60. The van der Waals surface area contributed by atoms with Crippen molar-refractivity contribution < 1.29 is 0 Å². The molecule has 1 aromatic heterocycles. The fraction of sp³-hybridized carbons (Fsp3) is 0.314. The highest BCUT2D eigenvalue weighted by Crippen LogP contribution is 2.38. The van der Waals surface area contributed by atoms with Crippen molar-refractivity contribution in [2.45, 2.75) is 73.1 Å². The Bertz CT molecular complexity index is 1700. The number of aryl methyl sites for hydroxylation is 3. The average Bonchev–Trinajstić information content (AvgIpc) is 3.14. The fourth-order valence-corrected chi connectivity index (χ4v) is 6.61. The maximum absolute atomic E-state index is 2.55. The number of benzene rings is 4. The maximum Gasteiger partial charge on any atom is 0.247 e. The van der Waals surface area contributed by atoms with Gasteiger partial charge >= 0.3 is 0 Å². The largest absolute Gasteiger partial charge is 0.310 e. The van der Waals surface area contributed by atoms with E-state index in [1.54, 1.807) is 0 Å². The fourth-order valence-electron chi connectivity index (χ4n) is 6.61. The lowest BCUT2D eigenvalue weighted by Gasteiger charge is -2.31. The summed E-state index contributed by atoms with van der Waals surface area (Å²) in [6.45, 7) is 21.0. The van der Waals surface area contributed by atoms with Gasteiger partial charge in [0.25, 0.3) is 0 Å². The molecule has 0 radical (unpaired) electrons. The van der Waals surface area contributed by atoms with Crippen LogP contribution in [0.2, 0.25) is 0 Å². The van der Waals surface area contributed by atoms with Gasteiger partial charge in [-0.05, 0) is 77.9 Å². The van der Waals surface area contributed by atoms with Crippen molar-refractivity contribution in [2.24, 2.45) is 0 Å². The molecule has 4 aromatic carbocycles. The Labute approximate surface area is 222 Å². The van der Waals surface area contributed by atoms with E-state index in [0.29, 0.717) is 0 Å². The molecule has 0 saturated carbocycles. The van der Waals surface area contributed by atoms with Crippen molar-refractivity contribution in [3.63, 3.8) is 0 Å². The average molecular weight is 484 g/mol. The molecule has 1 aliphatic rings. The molecule has 1 aliphatic heterocycles. The van der Waals surface area contributed by atoms with Gasteiger partial charge in [-0.15, -0.1) is 0 Å². The van der Waals surface area contributed by atoms with Gasteiger partial charge < -0.3 is 4.57 Å². The third-order valence-electron chi connectivity index (χ3n) is 8.45. The van der Waals surface area contributed by atoms with E-state index in [0.717, 1.165) is 0 Å². The van der Waals surface area contributed by atoms with E-state index in [9.17, 15) is 0 Å². The molecule has 6 rings (SSSR count). The van der Waals surface area contributed by atoms with Crippen LogP contribution in [0.1, 0.15) is 69.4 Å². The molecule has 0 fully saturated rings. The van der Waals surface area contributed by atoms with E-state index < -0.39 is 0 Å². The summed E-state index contributed by atoms with van der Waals surface area (Å²) in [5.41, 5.74) is 15.3. The molecular formula is C35H38BN. The van der Waals surface area contributed by atoms with Crippen LogP contribution in [0.3, 0.4) is 0 Å². The quantitative estimate of drug-likeness (QED) is 0.219. The number of fused-ring (bicyclic) bond motifs is 5. The Hall–Kier alpha value is -3.26. The topological polar surface area (TPSA) is 4.93 Å². The van der Waals surface area contributed by atoms with Crippen molar-refractivity contribution in [3.8, 4) is 5.69 Å². The van der Waals surface area contributed by atoms with Gasteiger partial charge in [-0.2, -0.15) is 0 Å². The second-order valence-electron chi connectivity index (χ2n) is 13.3. The van der Waals surface area contributed by atoms with Crippen LogP contribution < -0.4 is 16.4 Å². The molecular weight excluding hydrogens is 445 g/mol. The Morgan fingerprint density at radius 2 is 1.24 bits per heavy atom. The van der Waals surface area contributed by atoms with E-state index in [1.807, 2.05) is 0 Å². The Morgan fingerprint density at radius 3 is 1.89 bits per heavy atom. The van der Waals surface area contributed by atoms with Crippen LogP contribution in [0, 0.1) is 20.8 Å². The molecule has 0 spiro atoms. The SMILES string of the molecule is Cc1cc(C)c(B2c3ccccc3-n3c4ccc(C(C)(C)C)cc4c4cc(C(C)(C)C)cc2c43)c(C)c1. The highest BCUT2D eigenvalue weighted by molar-refractivity contribution is 6.98. The molecule has 1 nitrogen and oxygen atoms in total. The number of rotatable bonds is 1. The van der Waals surface area contributed by atoms with E-state index in [4.69, 9.17) is 0 Å². The van der Waals surface area contributed by atoms with E-state index >= 15 is 0 Å². The first kappa shape index (κ1) is 24.1. The Balaban J connectivity index is 1.83. The second kappa shape index (κ2) is 7.87. The van der Waals surface area contributed by atoms with Crippen molar-refractivity contribution in [1.82, 2.24) is 4.57 Å². The predicted molar refractivity (Wildman–Crippen MR) is 163 cm³/mol. The molecule has 0 unspecified atom stereocenters. The first-order valence-electron chi connectivity index (χ1n) is 13.7. The van der Waals surface area contributed by atoms with Gasteiger partial charge in [0.2, 0.25) is 6.71 Å². The molecule has 0 N–H and O–H groups in total. The summed E-state index contributed by atoms with van der Waals surface area (Å²) in [6, 6.07) is 25.9. The smallest absolute Gasteiger partial charge is 0.247 e. The lowest BCUT2D eigenvalue weighted by atomic mass is 9.34. The summed E-state index contributed by atoms with van der Waals surface area (Å²) < 4.78 is 2.55. The van der Waals surface area contributed by atoms with E-state index in [1.165, 1.54) is 71.7 Å². The highest BCUT2D eigenvalue weighted by atomic mass is 15.0. The Kier molecular flexibility index (Phi) is 5.13. The number of hydrogen-bond donors (Lipinski definition) is 0. The summed E-state index contributed by atoms with van der Waals surface area (Å²) in [5.74, 6) is 0. The van der Waals surface area contributed by atoms with E-state index in [2.05, 4.69) is 134 Å². The van der Waals surface area contributed by atoms with Crippen LogP contribution in [-0.2, 0) is 10.8 Å². The monoisotopic (exact) mass is 483 g/mol. The molecule has 2 heterocycles. The standard InChI is InChI=1S/C35H38BN/c1-21-16-22(2)32(23(3)17-21)36-28-12-10-11-13-31(28)37-30-15-14-24(34(4,5)6)18-26(30)27-19-25(35(7,8)9)20-29(36)33(27)37/h10-20H,1-9H3. The van der Waals surface area contributed by atoms with Crippen LogP contribution in [-0.4, -0.2) is 11.3 Å². The summed E-state index contributed by atoms with van der Waals surface area (Å²) in [4.78, 5) is 0. The number of aromatic nitrogens is 1. The van der Waals surface area contributed by atoms with Crippen molar-refractivity contribution in [3.05, 3.63) is 94.5 Å². The highest BCUT2D eigenvalue weighted by Gasteiger charge is 2.36. The lowest BCUT2D eigenvalue weighted by Crippen LogP contribution is -2.57. The second-order valence-corrected chi connectivity index (χ2v) is 13.3. The van der Waals surface area contributed by atoms with Crippen LogP contribution in [0.4, 0.5) is 0 Å². The normalized spacial score (nSPS) is 13.5. The predicted octanol–water partition coefficient (Wildman–Crippen LogP) is 7.13. The van der Waals surface area contributed by atoms with Gasteiger partial charge in [0.15, 0.2) is 0 Å². The van der Waals surface area contributed by atoms with Gasteiger partial charge in [-0.1, -0.05) is 106 Å². The van der Waals surface area contributed by atoms with Crippen LogP contribution in [0.5, 0.6) is 0 Å². The molecule has 186 valence electrons. The van der Waals surface area contributed by atoms with Gasteiger partial charge in [0, 0.05) is 22.0 Å². The van der Waals surface area contributed by atoms with Gasteiger partial charge in [0.05, 0.1) is 5.52 Å². The Morgan fingerprint density at radius 1 is 0.622 bits per heavy atom. The summed E-state index contributed by atoms with van der Waals surface area (Å²) >= 11 is 0. The zero-order valence-electron chi connectivity index (χ0n) is 23.9. The minimum Gasteiger partial charge on any atom is -0.310 e. The summed E-state index contributed by atoms with van der Waals surface area (Å²) in [5, 5.41) is 2.74. The number of hydrogen-bond acceptors (Lipinski definition) is 0. The summed E-state index contributed by atoms with van der Waals surface area (Å²) in [6.07, 6.45) is 0. The van der Waals surface area contributed by atoms with Gasteiger partial charge in [-0.3, -0.25) is 0 Å². The number of para-hydroxylation sites is 1. The number of nitrogens with zero attached hydrogens (tertiary/aromatic N) is 1. The molecule has 0 saturated heterocycles. The van der Waals surface area contributed by atoms with Crippen molar-refractivity contribution >= 4 is 44.9 Å². The molecule has 5 aromatic rings. The van der Waals surface area contributed by atoms with Crippen LogP contribution in [0.15, 0.2) is 66.7 Å². The lowest BCUT2D eigenvalue weighted by molar-refractivity contribution is 0.590. The van der Waals surface area contributed by atoms with Crippen molar-refractivity contribution in [2.75, 3.05) is 0 Å². The molecule has 2 heteroatoms. The maximum atomic E-state index is 2.55. The first-order valence-corrected chi connectivity index (χ1v) is 13.7. The zero-order chi connectivity index (χ0) is 26.4. The minimum absolute atomic E-state index is 0.0552. The molecule has 0 amide bonds. The van der Waals surface area contributed by atoms with Crippen LogP contribution in [0.25, 0.3) is 27.5 Å². The minimum atomic E-state index is 0.0552. The molecule has 0 atom stereocenters. The van der Waals surface area contributed by atoms with Gasteiger partial charge in [-0.25, -0.2) is 0 Å². The molecule has 37 heavy (non-hydrogen) atoms. The van der Waals surface area contributed by atoms with Crippen molar-refractivity contribution in [1.29, 1.82) is 0 Å². The zero-order valence-corrected chi connectivity index (χ0v) is 23.9. The van der Waals surface area contributed by atoms with Gasteiger partial charge in [0.1, 0.15) is 0 Å². The van der Waals surface area contributed by atoms with Crippen LogP contribution >= 0.6 is 0 Å².